The van der Waals surface area contributed by atoms with Gasteiger partial charge in [0, 0.05) is 15.4 Å². The summed E-state index contributed by atoms with van der Waals surface area (Å²) in [6, 6.07) is 11.6. The summed E-state index contributed by atoms with van der Waals surface area (Å²) in [5.74, 6) is 1.40. The molecular formula is C16H14Br2O3. The van der Waals surface area contributed by atoms with E-state index < -0.39 is 6.10 Å². The van der Waals surface area contributed by atoms with E-state index in [1.807, 2.05) is 36.4 Å². The van der Waals surface area contributed by atoms with Crippen molar-refractivity contribution in [2.24, 2.45) is 0 Å². The van der Waals surface area contributed by atoms with Crippen molar-refractivity contribution in [3.05, 3.63) is 56.5 Å². The Balaban J connectivity index is 1.83. The maximum atomic E-state index is 10.5. The molecule has 1 N–H and O–H groups in total. The van der Waals surface area contributed by atoms with Crippen molar-refractivity contribution in [2.45, 2.75) is 12.5 Å². The van der Waals surface area contributed by atoms with Crippen molar-refractivity contribution < 1.29 is 14.6 Å². The molecule has 0 radical (unpaired) electrons. The first kappa shape index (κ1) is 14.9. The van der Waals surface area contributed by atoms with Crippen LogP contribution in [0.25, 0.3) is 0 Å². The number of fused-ring (bicyclic) bond motifs is 1. The van der Waals surface area contributed by atoms with Gasteiger partial charge in [0.15, 0.2) is 11.5 Å². The lowest BCUT2D eigenvalue weighted by Crippen LogP contribution is -2.16. The van der Waals surface area contributed by atoms with Crippen LogP contribution < -0.4 is 9.47 Å². The summed E-state index contributed by atoms with van der Waals surface area (Å²) in [5, 5.41) is 10.5. The van der Waals surface area contributed by atoms with Crippen LogP contribution in [-0.4, -0.2) is 18.3 Å². The highest BCUT2D eigenvalue weighted by Gasteiger charge is 2.19. The third kappa shape index (κ3) is 3.42. The van der Waals surface area contributed by atoms with E-state index in [1.165, 1.54) is 0 Å². The largest absolute Gasteiger partial charge is 0.486 e. The molecule has 0 fully saturated rings. The van der Waals surface area contributed by atoms with E-state index in [0.29, 0.717) is 31.1 Å². The van der Waals surface area contributed by atoms with Gasteiger partial charge in [0.05, 0.1) is 6.10 Å². The van der Waals surface area contributed by atoms with Crippen molar-refractivity contribution >= 4 is 31.9 Å². The van der Waals surface area contributed by atoms with Gasteiger partial charge in [0.1, 0.15) is 13.2 Å². The van der Waals surface area contributed by atoms with Gasteiger partial charge >= 0.3 is 0 Å². The van der Waals surface area contributed by atoms with E-state index in [2.05, 4.69) is 31.9 Å². The zero-order chi connectivity index (χ0) is 14.8. The van der Waals surface area contributed by atoms with Gasteiger partial charge in [0.25, 0.3) is 0 Å². The van der Waals surface area contributed by atoms with Crippen molar-refractivity contribution in [2.75, 3.05) is 13.2 Å². The van der Waals surface area contributed by atoms with Gasteiger partial charge < -0.3 is 14.6 Å². The number of hydrogen-bond acceptors (Lipinski definition) is 3. The number of ether oxygens (including phenoxy) is 2. The van der Waals surface area contributed by atoms with Gasteiger partial charge in [-0.05, 0) is 35.4 Å². The Labute approximate surface area is 140 Å². The Bertz CT molecular complexity index is 641. The Morgan fingerprint density at radius 3 is 2.29 bits per heavy atom. The molecule has 3 nitrogen and oxygen atoms in total. The molecule has 1 aliphatic rings. The molecular weight excluding hydrogens is 400 g/mol. The summed E-state index contributed by atoms with van der Waals surface area (Å²) in [6.45, 7) is 1.09. The first-order valence-corrected chi connectivity index (χ1v) is 8.23. The van der Waals surface area contributed by atoms with Gasteiger partial charge in [-0.2, -0.15) is 0 Å². The van der Waals surface area contributed by atoms with Gasteiger partial charge in [-0.3, -0.25) is 0 Å². The van der Waals surface area contributed by atoms with Crippen molar-refractivity contribution in [3.63, 3.8) is 0 Å². The number of halogens is 2. The molecule has 1 unspecified atom stereocenters. The summed E-state index contributed by atoms with van der Waals surface area (Å²) >= 11 is 6.91. The van der Waals surface area contributed by atoms with Crippen LogP contribution in [0.2, 0.25) is 0 Å². The number of aliphatic hydroxyl groups excluding tert-OH is 1. The quantitative estimate of drug-likeness (QED) is 0.816. The van der Waals surface area contributed by atoms with Crippen LogP contribution in [0.15, 0.2) is 45.3 Å². The lowest BCUT2D eigenvalue weighted by Gasteiger charge is -2.21. The Morgan fingerprint density at radius 2 is 1.62 bits per heavy atom. The maximum absolute atomic E-state index is 10.5. The van der Waals surface area contributed by atoms with Crippen LogP contribution in [0.5, 0.6) is 11.5 Å². The summed E-state index contributed by atoms with van der Waals surface area (Å²) in [7, 11) is 0. The van der Waals surface area contributed by atoms with Crippen molar-refractivity contribution in [3.8, 4) is 11.5 Å². The molecule has 110 valence electrons. The van der Waals surface area contributed by atoms with E-state index in [4.69, 9.17) is 9.47 Å². The maximum Gasteiger partial charge on any atom is 0.162 e. The molecule has 3 rings (SSSR count). The fourth-order valence-corrected chi connectivity index (χ4v) is 3.14. The van der Waals surface area contributed by atoms with Crippen LogP contribution >= 0.6 is 31.9 Å². The number of aliphatic hydroxyl groups is 1. The zero-order valence-corrected chi connectivity index (χ0v) is 14.4. The molecule has 0 bridgehead atoms. The number of benzene rings is 2. The minimum atomic E-state index is -0.601. The predicted octanol–water partition coefficient (Wildman–Crippen LogP) is 4.26. The molecule has 1 atom stereocenters. The fourth-order valence-electron chi connectivity index (χ4n) is 2.29. The normalized spacial score (nSPS) is 14.8. The average molecular weight is 414 g/mol. The second kappa shape index (κ2) is 6.38. The number of hydrogen-bond donors (Lipinski definition) is 1. The standard InChI is InChI=1S/C16H14Br2O3/c17-11-3-1-10(2-4-11)7-14(19)12-8-15-16(9-13(12)18)21-6-5-20-15/h1-4,8-9,14,19H,5-7H2. The van der Waals surface area contributed by atoms with Gasteiger partial charge in [-0.15, -0.1) is 0 Å². The zero-order valence-electron chi connectivity index (χ0n) is 11.2. The third-order valence-electron chi connectivity index (χ3n) is 3.36. The van der Waals surface area contributed by atoms with Crippen LogP contribution in [0, 0.1) is 0 Å². The molecule has 2 aromatic carbocycles. The fraction of sp³-hybridized carbons (Fsp3) is 0.250. The van der Waals surface area contributed by atoms with Crippen molar-refractivity contribution in [1.29, 1.82) is 0 Å². The molecule has 0 saturated carbocycles. The molecule has 21 heavy (non-hydrogen) atoms. The SMILES string of the molecule is OC(Cc1ccc(Br)cc1)c1cc2c(cc1Br)OCCO2. The lowest BCUT2D eigenvalue weighted by molar-refractivity contribution is 0.164. The van der Waals surface area contributed by atoms with Crippen LogP contribution in [-0.2, 0) is 6.42 Å². The first-order chi connectivity index (χ1) is 10.1. The van der Waals surface area contributed by atoms with Gasteiger partial charge in [-0.1, -0.05) is 44.0 Å². The van der Waals surface area contributed by atoms with E-state index in [-0.39, 0.29) is 0 Å². The smallest absolute Gasteiger partial charge is 0.162 e. The molecule has 1 heterocycles. The molecule has 0 aromatic heterocycles. The molecule has 5 heteroatoms. The summed E-state index contributed by atoms with van der Waals surface area (Å²) in [5.41, 5.74) is 1.88. The van der Waals surface area contributed by atoms with E-state index in [0.717, 1.165) is 20.1 Å². The molecule has 1 aliphatic heterocycles. The van der Waals surface area contributed by atoms with Crippen LogP contribution in [0.4, 0.5) is 0 Å². The molecule has 0 aliphatic carbocycles. The molecule has 0 saturated heterocycles. The average Bonchev–Trinajstić information content (AvgIpc) is 2.49. The monoisotopic (exact) mass is 412 g/mol. The Hall–Kier alpha value is -1.04. The molecule has 0 spiro atoms. The highest BCUT2D eigenvalue weighted by atomic mass is 79.9. The van der Waals surface area contributed by atoms with E-state index in [1.54, 1.807) is 0 Å². The predicted molar refractivity (Wildman–Crippen MR) is 87.9 cm³/mol. The molecule has 0 amide bonds. The highest BCUT2D eigenvalue weighted by molar-refractivity contribution is 9.10. The number of rotatable bonds is 3. The van der Waals surface area contributed by atoms with Crippen LogP contribution in [0.1, 0.15) is 17.2 Å². The topological polar surface area (TPSA) is 38.7 Å². The van der Waals surface area contributed by atoms with E-state index in [9.17, 15) is 5.11 Å². The highest BCUT2D eigenvalue weighted by Crippen LogP contribution is 2.38. The van der Waals surface area contributed by atoms with E-state index >= 15 is 0 Å². The Morgan fingerprint density at radius 1 is 1.00 bits per heavy atom. The minimum absolute atomic E-state index is 0.539. The lowest BCUT2D eigenvalue weighted by atomic mass is 10.0. The first-order valence-electron chi connectivity index (χ1n) is 6.65. The second-order valence-corrected chi connectivity index (χ2v) is 6.63. The molecule has 2 aromatic rings. The van der Waals surface area contributed by atoms with Crippen LogP contribution in [0.3, 0.4) is 0 Å². The summed E-state index contributed by atoms with van der Waals surface area (Å²) < 4.78 is 13.0. The van der Waals surface area contributed by atoms with Gasteiger partial charge in [0.2, 0.25) is 0 Å². The summed E-state index contributed by atoms with van der Waals surface area (Å²) in [6.07, 6.45) is -0.0534. The van der Waals surface area contributed by atoms with Crippen molar-refractivity contribution in [1.82, 2.24) is 0 Å². The minimum Gasteiger partial charge on any atom is -0.486 e. The Kier molecular flexibility index (Phi) is 4.52. The summed E-state index contributed by atoms with van der Waals surface area (Å²) in [4.78, 5) is 0. The second-order valence-electron chi connectivity index (χ2n) is 4.86. The van der Waals surface area contributed by atoms with Gasteiger partial charge in [-0.25, -0.2) is 0 Å². The third-order valence-corrected chi connectivity index (χ3v) is 4.58.